The topological polar surface area (TPSA) is 67.2 Å². The van der Waals surface area contributed by atoms with Crippen LogP contribution in [0.1, 0.15) is 74.7 Å². The van der Waals surface area contributed by atoms with Crippen LogP contribution in [0.3, 0.4) is 0 Å². The fraction of sp³-hybridized carbons (Fsp3) is 0.452. The number of benzene rings is 2. The summed E-state index contributed by atoms with van der Waals surface area (Å²) in [5, 5.41) is 7.67. The minimum Gasteiger partial charge on any atom is -0.352 e. The van der Waals surface area contributed by atoms with Gasteiger partial charge in [-0.3, -0.25) is 14.5 Å². The second-order valence-electron chi connectivity index (χ2n) is 11.8. The molecule has 8 heteroatoms. The Kier molecular flexibility index (Phi) is 8.26. The Morgan fingerprint density at radius 2 is 1.85 bits per heavy atom. The maximum atomic E-state index is 15.3. The first kappa shape index (κ1) is 28.9. The van der Waals surface area contributed by atoms with Crippen LogP contribution in [0.4, 0.5) is 10.2 Å². The average Bonchev–Trinajstić information content (AvgIpc) is 3.17. The molecule has 39 heavy (non-hydrogen) atoms. The van der Waals surface area contributed by atoms with E-state index in [4.69, 9.17) is 5.10 Å². The van der Waals surface area contributed by atoms with E-state index in [1.165, 1.54) is 17.8 Å². The fourth-order valence-corrected chi connectivity index (χ4v) is 6.05. The zero-order chi connectivity index (χ0) is 28.6. The molecule has 2 atom stereocenters. The van der Waals surface area contributed by atoms with Gasteiger partial charge in [0.25, 0.3) is 0 Å². The summed E-state index contributed by atoms with van der Waals surface area (Å²) in [5.41, 5.74) is 4.56. The first-order valence-electron chi connectivity index (χ1n) is 13.5. The standard InChI is InChI=1S/C31H39FN4O2S/c1-18(2)21(5)33-25(37)16-35-26(38)17-39-28(22-11-9-10-12-23(22)32)27-29(31(6,7)8)34-36(30(27)35)24-14-13-19(3)15-20(24)4/h9-15,18,21,28H,16-17H2,1-8H3,(H,33,37). The lowest BCUT2D eigenvalue weighted by atomic mass is 9.87. The Labute approximate surface area is 235 Å². The predicted octanol–water partition coefficient (Wildman–Crippen LogP) is 6.26. The predicted molar refractivity (Wildman–Crippen MR) is 157 cm³/mol. The molecule has 0 bridgehead atoms. The largest absolute Gasteiger partial charge is 0.352 e. The van der Waals surface area contributed by atoms with Crippen molar-refractivity contribution in [1.29, 1.82) is 0 Å². The van der Waals surface area contributed by atoms with Crippen molar-refractivity contribution < 1.29 is 14.0 Å². The van der Waals surface area contributed by atoms with Crippen LogP contribution in [0.25, 0.3) is 5.69 Å². The highest BCUT2D eigenvalue weighted by molar-refractivity contribution is 8.00. The van der Waals surface area contributed by atoms with E-state index in [0.717, 1.165) is 28.1 Å². The van der Waals surface area contributed by atoms with Gasteiger partial charge in [-0.05, 0) is 44.4 Å². The van der Waals surface area contributed by atoms with Crippen molar-refractivity contribution in [3.05, 3.63) is 76.2 Å². The first-order chi connectivity index (χ1) is 18.3. The molecule has 2 heterocycles. The zero-order valence-electron chi connectivity index (χ0n) is 24.1. The van der Waals surface area contributed by atoms with Gasteiger partial charge in [0.2, 0.25) is 11.8 Å². The third-order valence-electron chi connectivity index (χ3n) is 7.26. The SMILES string of the molecule is Cc1ccc(-n2nc(C(C)(C)C)c3c2N(CC(=O)NC(C)C(C)C)C(=O)CSC3c2ccccc2F)c(C)c1. The van der Waals surface area contributed by atoms with Gasteiger partial charge in [0, 0.05) is 22.6 Å². The number of amides is 2. The number of nitrogens with zero attached hydrogens (tertiary/aromatic N) is 3. The number of nitrogens with one attached hydrogen (secondary N) is 1. The molecule has 6 nitrogen and oxygen atoms in total. The molecule has 1 N–H and O–H groups in total. The number of carbonyl (C=O) groups is 2. The van der Waals surface area contributed by atoms with Crippen LogP contribution in [0.15, 0.2) is 42.5 Å². The van der Waals surface area contributed by atoms with Gasteiger partial charge < -0.3 is 5.32 Å². The van der Waals surface area contributed by atoms with Crippen LogP contribution in [0, 0.1) is 25.6 Å². The Morgan fingerprint density at radius 1 is 1.15 bits per heavy atom. The number of carbonyl (C=O) groups excluding carboxylic acids is 2. The van der Waals surface area contributed by atoms with Crippen LogP contribution < -0.4 is 10.2 Å². The molecule has 1 aromatic heterocycles. The van der Waals surface area contributed by atoms with E-state index in [1.54, 1.807) is 21.7 Å². The lowest BCUT2D eigenvalue weighted by Gasteiger charge is -2.26. The van der Waals surface area contributed by atoms with E-state index in [2.05, 4.69) is 32.2 Å². The van der Waals surface area contributed by atoms with Gasteiger partial charge in [0.05, 0.1) is 22.4 Å². The maximum absolute atomic E-state index is 15.3. The fourth-order valence-electron chi connectivity index (χ4n) is 4.83. The Morgan fingerprint density at radius 3 is 2.46 bits per heavy atom. The summed E-state index contributed by atoms with van der Waals surface area (Å²) >= 11 is 1.38. The van der Waals surface area contributed by atoms with E-state index in [0.29, 0.717) is 11.4 Å². The summed E-state index contributed by atoms with van der Waals surface area (Å²) < 4.78 is 17.1. The molecule has 208 valence electrons. The Bertz CT molecular complexity index is 1390. The molecule has 4 rings (SSSR count). The van der Waals surface area contributed by atoms with Crippen molar-refractivity contribution in [2.45, 2.75) is 72.1 Å². The van der Waals surface area contributed by atoms with Crippen molar-refractivity contribution in [3.8, 4) is 5.69 Å². The number of aryl methyl sites for hydroxylation is 2. The molecule has 1 aliphatic rings. The number of thioether (sulfide) groups is 1. The molecule has 0 aliphatic carbocycles. The molecule has 0 fully saturated rings. The van der Waals surface area contributed by atoms with Gasteiger partial charge in [0.15, 0.2) is 0 Å². The minimum atomic E-state index is -0.471. The van der Waals surface area contributed by atoms with E-state index in [-0.39, 0.29) is 41.9 Å². The number of fused-ring (bicyclic) bond motifs is 1. The smallest absolute Gasteiger partial charge is 0.240 e. The quantitative estimate of drug-likeness (QED) is 0.394. The van der Waals surface area contributed by atoms with Gasteiger partial charge in [0.1, 0.15) is 18.2 Å². The molecule has 0 radical (unpaired) electrons. The molecule has 1 aliphatic heterocycles. The number of hydrogen-bond acceptors (Lipinski definition) is 4. The van der Waals surface area contributed by atoms with Crippen molar-refractivity contribution in [3.63, 3.8) is 0 Å². The molecule has 0 spiro atoms. The molecule has 0 saturated heterocycles. The van der Waals surface area contributed by atoms with Crippen molar-refractivity contribution in [2.24, 2.45) is 5.92 Å². The van der Waals surface area contributed by atoms with Crippen LogP contribution in [-0.4, -0.2) is 39.9 Å². The lowest BCUT2D eigenvalue weighted by molar-refractivity contribution is -0.123. The van der Waals surface area contributed by atoms with Gasteiger partial charge in [-0.25, -0.2) is 9.07 Å². The van der Waals surface area contributed by atoms with Crippen LogP contribution in [0.2, 0.25) is 0 Å². The number of halogens is 1. The molecule has 3 aromatic rings. The number of aromatic nitrogens is 2. The molecule has 2 amide bonds. The highest BCUT2D eigenvalue weighted by Gasteiger charge is 2.40. The third-order valence-corrected chi connectivity index (χ3v) is 8.49. The molecule has 0 saturated carbocycles. The summed E-state index contributed by atoms with van der Waals surface area (Å²) in [4.78, 5) is 28.6. The summed E-state index contributed by atoms with van der Waals surface area (Å²) in [6.45, 7) is 16.1. The summed E-state index contributed by atoms with van der Waals surface area (Å²) in [6, 6.07) is 12.7. The summed E-state index contributed by atoms with van der Waals surface area (Å²) in [5.74, 6) is 0.108. The zero-order valence-corrected chi connectivity index (χ0v) is 24.9. The highest BCUT2D eigenvalue weighted by atomic mass is 32.2. The highest BCUT2D eigenvalue weighted by Crippen LogP contribution is 2.49. The van der Waals surface area contributed by atoms with Gasteiger partial charge >= 0.3 is 0 Å². The molecule has 2 aromatic carbocycles. The number of hydrogen-bond donors (Lipinski definition) is 1. The molecule has 2 unspecified atom stereocenters. The van der Waals surface area contributed by atoms with E-state index >= 15 is 4.39 Å². The molecular formula is C31H39FN4O2S. The van der Waals surface area contributed by atoms with Crippen molar-refractivity contribution in [2.75, 3.05) is 17.2 Å². The maximum Gasteiger partial charge on any atom is 0.240 e. The first-order valence-corrected chi connectivity index (χ1v) is 14.5. The van der Waals surface area contributed by atoms with Gasteiger partial charge in [-0.2, -0.15) is 5.10 Å². The Balaban J connectivity index is 2.01. The lowest BCUT2D eigenvalue weighted by Crippen LogP contribution is -2.46. The van der Waals surface area contributed by atoms with Crippen LogP contribution in [0.5, 0.6) is 0 Å². The Hall–Kier alpha value is -3.13. The molecular weight excluding hydrogens is 511 g/mol. The second-order valence-corrected chi connectivity index (χ2v) is 12.9. The minimum absolute atomic E-state index is 0.0472. The monoisotopic (exact) mass is 550 g/mol. The average molecular weight is 551 g/mol. The second kappa shape index (κ2) is 11.2. The number of rotatable bonds is 6. The van der Waals surface area contributed by atoms with E-state index < -0.39 is 10.7 Å². The van der Waals surface area contributed by atoms with Crippen molar-refractivity contribution >= 4 is 29.4 Å². The number of anilines is 1. The van der Waals surface area contributed by atoms with E-state index in [9.17, 15) is 9.59 Å². The van der Waals surface area contributed by atoms with Crippen LogP contribution in [-0.2, 0) is 15.0 Å². The van der Waals surface area contributed by atoms with Gasteiger partial charge in [-0.1, -0.05) is 70.5 Å². The normalized spacial score (nSPS) is 16.7. The summed E-state index contributed by atoms with van der Waals surface area (Å²) in [6.07, 6.45) is 0. The van der Waals surface area contributed by atoms with E-state index in [1.807, 2.05) is 52.8 Å². The van der Waals surface area contributed by atoms with Crippen molar-refractivity contribution in [1.82, 2.24) is 15.1 Å². The van der Waals surface area contributed by atoms with Crippen LogP contribution >= 0.6 is 11.8 Å². The van der Waals surface area contributed by atoms with Gasteiger partial charge in [-0.15, -0.1) is 11.8 Å². The summed E-state index contributed by atoms with van der Waals surface area (Å²) in [7, 11) is 0. The third kappa shape index (κ3) is 5.91.